The molecule has 86 valence electrons. The summed E-state index contributed by atoms with van der Waals surface area (Å²) in [6, 6.07) is 2.95. The highest BCUT2D eigenvalue weighted by Crippen LogP contribution is 2.33. The lowest BCUT2D eigenvalue weighted by molar-refractivity contribution is -0.119. The molecule has 7 heteroatoms. The van der Waals surface area contributed by atoms with Gasteiger partial charge in [-0.1, -0.05) is 28.4 Å². The molecule has 1 amide bonds. The zero-order valence-electron chi connectivity index (χ0n) is 7.98. The molecule has 0 saturated carbocycles. The summed E-state index contributed by atoms with van der Waals surface area (Å²) in [6.45, 7) is -0.313. The SMILES string of the molecule is NC(=O)COc1c(Cl)cc(/C=N\O)cc1Cl. The van der Waals surface area contributed by atoms with Crippen molar-refractivity contribution in [2.24, 2.45) is 10.9 Å². The van der Waals surface area contributed by atoms with Crippen LogP contribution in [0.1, 0.15) is 5.56 Å². The summed E-state index contributed by atoms with van der Waals surface area (Å²) in [4.78, 5) is 10.5. The Kier molecular flexibility index (Phi) is 4.39. The Bertz CT molecular complexity index is 412. The van der Waals surface area contributed by atoms with E-state index >= 15 is 0 Å². The van der Waals surface area contributed by atoms with Crippen LogP contribution in [0.15, 0.2) is 17.3 Å². The predicted molar refractivity (Wildman–Crippen MR) is 60.5 cm³/mol. The summed E-state index contributed by atoms with van der Waals surface area (Å²) in [5.74, 6) is -0.467. The molecule has 5 nitrogen and oxygen atoms in total. The van der Waals surface area contributed by atoms with Gasteiger partial charge in [0.15, 0.2) is 12.4 Å². The molecule has 0 fully saturated rings. The quantitative estimate of drug-likeness (QED) is 0.492. The Morgan fingerprint density at radius 3 is 2.50 bits per heavy atom. The number of hydrogen-bond donors (Lipinski definition) is 2. The minimum absolute atomic E-state index is 0.164. The number of benzene rings is 1. The molecule has 0 bridgehead atoms. The van der Waals surface area contributed by atoms with E-state index in [2.05, 4.69) is 5.16 Å². The van der Waals surface area contributed by atoms with E-state index < -0.39 is 5.91 Å². The van der Waals surface area contributed by atoms with Gasteiger partial charge >= 0.3 is 0 Å². The number of nitrogens with two attached hydrogens (primary N) is 1. The Morgan fingerprint density at radius 1 is 1.50 bits per heavy atom. The number of halogens is 2. The number of hydrogen-bond acceptors (Lipinski definition) is 4. The normalized spacial score (nSPS) is 10.6. The Balaban J connectivity index is 2.98. The van der Waals surface area contributed by atoms with Crippen LogP contribution in [0.4, 0.5) is 0 Å². The Morgan fingerprint density at radius 2 is 2.06 bits per heavy atom. The number of oxime groups is 1. The molecule has 0 atom stereocenters. The summed E-state index contributed by atoms with van der Waals surface area (Å²) >= 11 is 11.7. The van der Waals surface area contributed by atoms with Gasteiger partial charge < -0.3 is 15.7 Å². The second kappa shape index (κ2) is 5.58. The van der Waals surface area contributed by atoms with E-state index in [9.17, 15) is 4.79 Å². The van der Waals surface area contributed by atoms with Crippen molar-refractivity contribution in [3.63, 3.8) is 0 Å². The van der Waals surface area contributed by atoms with Gasteiger partial charge in [-0.3, -0.25) is 4.79 Å². The smallest absolute Gasteiger partial charge is 0.255 e. The van der Waals surface area contributed by atoms with Crippen molar-refractivity contribution in [3.8, 4) is 5.75 Å². The molecule has 1 rings (SSSR count). The van der Waals surface area contributed by atoms with Crippen LogP contribution < -0.4 is 10.5 Å². The van der Waals surface area contributed by atoms with Crippen LogP contribution in [0.5, 0.6) is 5.75 Å². The second-order valence-corrected chi connectivity index (χ2v) is 3.63. The van der Waals surface area contributed by atoms with Crippen molar-refractivity contribution < 1.29 is 14.7 Å². The fourth-order valence-electron chi connectivity index (χ4n) is 1.00. The van der Waals surface area contributed by atoms with Gasteiger partial charge in [-0.05, 0) is 17.7 Å². The third-order valence-corrected chi connectivity index (χ3v) is 2.15. The molecule has 0 aliphatic carbocycles. The fraction of sp³-hybridized carbons (Fsp3) is 0.111. The monoisotopic (exact) mass is 262 g/mol. The second-order valence-electron chi connectivity index (χ2n) is 2.81. The fourth-order valence-corrected chi connectivity index (χ4v) is 1.61. The Hall–Kier alpha value is -1.46. The van der Waals surface area contributed by atoms with Gasteiger partial charge in [0.2, 0.25) is 0 Å². The minimum Gasteiger partial charge on any atom is -0.481 e. The van der Waals surface area contributed by atoms with E-state index in [0.29, 0.717) is 5.56 Å². The van der Waals surface area contributed by atoms with E-state index in [-0.39, 0.29) is 22.4 Å². The molecule has 0 saturated heterocycles. The van der Waals surface area contributed by atoms with Gasteiger partial charge in [0.25, 0.3) is 5.91 Å². The zero-order valence-corrected chi connectivity index (χ0v) is 9.50. The molecule has 0 unspecified atom stereocenters. The molecule has 0 aliphatic heterocycles. The number of carbonyl (C=O) groups is 1. The van der Waals surface area contributed by atoms with Gasteiger partial charge in [0.1, 0.15) is 0 Å². The van der Waals surface area contributed by atoms with Gasteiger partial charge in [0.05, 0.1) is 16.3 Å². The zero-order chi connectivity index (χ0) is 12.1. The van der Waals surface area contributed by atoms with E-state index in [0.717, 1.165) is 6.21 Å². The number of ether oxygens (including phenoxy) is 1. The minimum atomic E-state index is -0.631. The van der Waals surface area contributed by atoms with Crippen molar-refractivity contribution in [1.82, 2.24) is 0 Å². The van der Waals surface area contributed by atoms with Crippen molar-refractivity contribution in [1.29, 1.82) is 0 Å². The maximum absolute atomic E-state index is 10.5. The van der Waals surface area contributed by atoms with Crippen LogP contribution in [-0.4, -0.2) is 23.9 Å². The van der Waals surface area contributed by atoms with E-state index in [4.69, 9.17) is 38.9 Å². The molecule has 1 aromatic carbocycles. The Labute approximate surface area is 101 Å². The van der Waals surface area contributed by atoms with Gasteiger partial charge in [0, 0.05) is 0 Å². The predicted octanol–water partition coefficient (Wildman–Crippen LogP) is 1.67. The van der Waals surface area contributed by atoms with Crippen molar-refractivity contribution in [2.45, 2.75) is 0 Å². The first-order valence-electron chi connectivity index (χ1n) is 4.12. The van der Waals surface area contributed by atoms with E-state index in [1.54, 1.807) is 0 Å². The maximum atomic E-state index is 10.5. The average Bonchev–Trinajstić information content (AvgIpc) is 2.16. The number of carbonyl (C=O) groups excluding carboxylic acids is 1. The molecule has 3 N–H and O–H groups in total. The lowest BCUT2D eigenvalue weighted by atomic mass is 10.2. The number of nitrogens with zero attached hydrogens (tertiary/aromatic N) is 1. The average molecular weight is 263 g/mol. The van der Waals surface area contributed by atoms with Crippen molar-refractivity contribution >= 4 is 35.3 Å². The van der Waals surface area contributed by atoms with Crippen LogP contribution in [0.2, 0.25) is 10.0 Å². The summed E-state index contributed by atoms with van der Waals surface area (Å²) in [6.07, 6.45) is 1.16. The van der Waals surface area contributed by atoms with Crippen molar-refractivity contribution in [2.75, 3.05) is 6.61 Å². The first kappa shape index (κ1) is 12.6. The maximum Gasteiger partial charge on any atom is 0.255 e. The highest BCUT2D eigenvalue weighted by molar-refractivity contribution is 6.37. The molecule has 0 spiro atoms. The first-order valence-corrected chi connectivity index (χ1v) is 4.87. The van der Waals surface area contributed by atoms with E-state index in [1.807, 2.05) is 0 Å². The third-order valence-electron chi connectivity index (χ3n) is 1.59. The van der Waals surface area contributed by atoms with Crippen LogP contribution in [-0.2, 0) is 4.79 Å². The molecule has 0 radical (unpaired) electrons. The first-order chi connectivity index (χ1) is 7.54. The van der Waals surface area contributed by atoms with Crippen LogP contribution in [0.3, 0.4) is 0 Å². The van der Waals surface area contributed by atoms with Gasteiger partial charge in [-0.25, -0.2) is 0 Å². The summed E-state index contributed by atoms with van der Waals surface area (Å²) in [7, 11) is 0. The number of rotatable bonds is 4. The van der Waals surface area contributed by atoms with Crippen LogP contribution in [0, 0.1) is 0 Å². The summed E-state index contributed by atoms with van der Waals surface area (Å²) in [5, 5.41) is 11.6. The highest BCUT2D eigenvalue weighted by Gasteiger charge is 2.10. The van der Waals surface area contributed by atoms with Crippen LogP contribution in [0.25, 0.3) is 0 Å². The van der Waals surface area contributed by atoms with E-state index in [1.165, 1.54) is 12.1 Å². The summed E-state index contributed by atoms with van der Waals surface area (Å²) in [5.41, 5.74) is 5.42. The largest absolute Gasteiger partial charge is 0.481 e. The third kappa shape index (κ3) is 3.29. The number of primary amides is 1. The van der Waals surface area contributed by atoms with Crippen LogP contribution >= 0.6 is 23.2 Å². The lowest BCUT2D eigenvalue weighted by Gasteiger charge is -2.08. The molecule has 16 heavy (non-hydrogen) atoms. The molecular weight excluding hydrogens is 255 g/mol. The molecule has 0 aromatic heterocycles. The molecule has 0 aliphatic rings. The number of amides is 1. The highest BCUT2D eigenvalue weighted by atomic mass is 35.5. The standard InChI is InChI=1S/C9H8Cl2N2O3/c10-6-1-5(3-13-15)2-7(11)9(6)16-4-8(12)14/h1-3,15H,4H2,(H2,12,14)/b13-3-. The van der Waals surface area contributed by atoms with Gasteiger partial charge in [-0.15, -0.1) is 0 Å². The molecule has 1 aromatic rings. The molecular formula is C9H8Cl2N2O3. The van der Waals surface area contributed by atoms with Crippen molar-refractivity contribution in [3.05, 3.63) is 27.7 Å². The molecule has 0 heterocycles. The summed E-state index contributed by atoms with van der Waals surface area (Å²) < 4.78 is 5.02. The topological polar surface area (TPSA) is 84.9 Å². The van der Waals surface area contributed by atoms with Gasteiger partial charge in [-0.2, -0.15) is 0 Å². The lowest BCUT2D eigenvalue weighted by Crippen LogP contribution is -2.20.